The molecule has 0 amide bonds. The molecule has 4 fully saturated rings. The fraction of sp³-hybridized carbons (Fsp3) is 0.931. The third-order valence-corrected chi connectivity index (χ3v) is 12.0. The molecule has 10 atom stereocenters. The highest BCUT2D eigenvalue weighted by atomic mass is 79.9. The Labute approximate surface area is 210 Å². The fourth-order valence-corrected chi connectivity index (χ4v) is 10.4. The van der Waals surface area contributed by atoms with Gasteiger partial charge in [-0.05, 0) is 91.3 Å². The standard InChI is InChI=1S/C29H47BrO3/c1-17(2)8-7-9-18(3)21-10-11-22-25-23(13-15-28(21,22)5)29(6)14-12-20(33-19(4)31)16-24(29)27(32)26(25)30/h17-18,20-26H,7-16H2,1-6H3/t18-,20-,21+,22-,23-,24+,25-,26-,28+,29+/m0/s1. The highest BCUT2D eigenvalue weighted by Crippen LogP contribution is 2.68. The highest BCUT2D eigenvalue weighted by Gasteiger charge is 2.65. The number of fused-ring (bicyclic) bond motifs is 5. The van der Waals surface area contributed by atoms with Crippen molar-refractivity contribution < 1.29 is 14.3 Å². The number of Topliss-reactive ketones (excluding diaryl/α,β-unsaturated/α-hetero) is 1. The molecule has 0 heterocycles. The maximum absolute atomic E-state index is 13.8. The lowest BCUT2D eigenvalue weighted by molar-refractivity contribution is -0.168. The zero-order valence-corrected chi connectivity index (χ0v) is 23.5. The van der Waals surface area contributed by atoms with Gasteiger partial charge < -0.3 is 4.74 Å². The summed E-state index contributed by atoms with van der Waals surface area (Å²) in [4.78, 5) is 25.3. The van der Waals surface area contributed by atoms with Crippen LogP contribution in [0.25, 0.3) is 0 Å². The highest BCUT2D eigenvalue weighted by molar-refractivity contribution is 9.10. The number of carbonyl (C=O) groups is 2. The van der Waals surface area contributed by atoms with E-state index in [1.165, 1.54) is 51.9 Å². The molecule has 188 valence electrons. The summed E-state index contributed by atoms with van der Waals surface area (Å²) in [7, 11) is 0. The third-order valence-electron chi connectivity index (χ3n) is 11.0. The van der Waals surface area contributed by atoms with Crippen LogP contribution in [0, 0.1) is 52.3 Å². The second-order valence-electron chi connectivity index (χ2n) is 13.2. The van der Waals surface area contributed by atoms with Crippen molar-refractivity contribution >= 4 is 27.7 Å². The van der Waals surface area contributed by atoms with Gasteiger partial charge in [-0.25, -0.2) is 0 Å². The van der Waals surface area contributed by atoms with Crippen LogP contribution >= 0.6 is 15.9 Å². The van der Waals surface area contributed by atoms with E-state index in [4.69, 9.17) is 4.74 Å². The molecular weight excluding hydrogens is 476 g/mol. The minimum Gasteiger partial charge on any atom is -0.463 e. The minimum atomic E-state index is -0.215. The van der Waals surface area contributed by atoms with E-state index in [0.717, 1.165) is 37.0 Å². The van der Waals surface area contributed by atoms with E-state index in [2.05, 4.69) is 50.5 Å². The number of ketones is 1. The summed E-state index contributed by atoms with van der Waals surface area (Å²) in [5, 5.41) is 0. The van der Waals surface area contributed by atoms with Gasteiger partial charge >= 0.3 is 5.97 Å². The first-order chi connectivity index (χ1) is 15.5. The zero-order valence-electron chi connectivity index (χ0n) is 21.9. The average Bonchev–Trinajstić information content (AvgIpc) is 3.09. The number of hydrogen-bond donors (Lipinski definition) is 0. The molecular formula is C29H47BrO3. The quantitative estimate of drug-likeness (QED) is 0.266. The molecule has 0 unspecified atom stereocenters. The fourth-order valence-electron chi connectivity index (χ4n) is 9.30. The topological polar surface area (TPSA) is 43.4 Å². The Bertz CT molecular complexity index is 749. The predicted molar refractivity (Wildman–Crippen MR) is 137 cm³/mol. The van der Waals surface area contributed by atoms with Crippen molar-refractivity contribution in [1.82, 2.24) is 0 Å². The van der Waals surface area contributed by atoms with Crippen LogP contribution < -0.4 is 0 Å². The summed E-state index contributed by atoms with van der Waals surface area (Å²) in [6, 6.07) is 0. The Morgan fingerprint density at radius 1 is 1.03 bits per heavy atom. The molecule has 0 aromatic rings. The van der Waals surface area contributed by atoms with Crippen LogP contribution in [0.4, 0.5) is 0 Å². The van der Waals surface area contributed by atoms with Gasteiger partial charge in [0.2, 0.25) is 0 Å². The number of esters is 1. The molecule has 0 aromatic carbocycles. The van der Waals surface area contributed by atoms with Crippen LogP contribution in [0.3, 0.4) is 0 Å². The van der Waals surface area contributed by atoms with E-state index in [1.807, 2.05) is 0 Å². The first kappa shape index (κ1) is 25.7. The smallest absolute Gasteiger partial charge is 0.302 e. The summed E-state index contributed by atoms with van der Waals surface area (Å²) >= 11 is 3.97. The lowest BCUT2D eigenvalue weighted by Crippen LogP contribution is -2.61. The van der Waals surface area contributed by atoms with Crippen molar-refractivity contribution in [2.24, 2.45) is 52.3 Å². The Balaban J connectivity index is 1.53. The van der Waals surface area contributed by atoms with Crippen molar-refractivity contribution in [3.63, 3.8) is 0 Å². The van der Waals surface area contributed by atoms with Gasteiger partial charge in [-0.3, -0.25) is 9.59 Å². The van der Waals surface area contributed by atoms with Crippen molar-refractivity contribution in [3.8, 4) is 0 Å². The summed E-state index contributed by atoms with van der Waals surface area (Å²) in [6.45, 7) is 13.7. The average molecular weight is 524 g/mol. The van der Waals surface area contributed by atoms with E-state index in [1.54, 1.807) is 0 Å². The van der Waals surface area contributed by atoms with Crippen molar-refractivity contribution in [2.45, 2.75) is 117 Å². The van der Waals surface area contributed by atoms with Crippen LogP contribution in [-0.4, -0.2) is 22.7 Å². The van der Waals surface area contributed by atoms with Crippen LogP contribution in [0.15, 0.2) is 0 Å². The van der Waals surface area contributed by atoms with E-state index in [9.17, 15) is 9.59 Å². The molecule has 0 aliphatic heterocycles. The van der Waals surface area contributed by atoms with Gasteiger partial charge in [-0.15, -0.1) is 0 Å². The Kier molecular flexibility index (Phi) is 7.46. The first-order valence-corrected chi connectivity index (χ1v) is 14.8. The van der Waals surface area contributed by atoms with Crippen molar-refractivity contribution in [3.05, 3.63) is 0 Å². The predicted octanol–water partition coefficient (Wildman–Crippen LogP) is 7.59. The molecule has 4 aliphatic carbocycles. The summed E-state index contributed by atoms with van der Waals surface area (Å²) in [6.07, 6.45) is 11.8. The number of alkyl halides is 1. The lowest BCUT2D eigenvalue weighted by atomic mass is 9.44. The van der Waals surface area contributed by atoms with Crippen LogP contribution in [0.1, 0.15) is 106 Å². The second kappa shape index (κ2) is 9.58. The summed E-state index contributed by atoms with van der Waals surface area (Å²) in [5.74, 6) is 4.32. The Morgan fingerprint density at radius 3 is 2.36 bits per heavy atom. The number of hydrogen-bond acceptors (Lipinski definition) is 3. The third kappa shape index (κ3) is 4.49. The van der Waals surface area contributed by atoms with Gasteiger partial charge in [0.1, 0.15) is 6.10 Å². The molecule has 4 heteroatoms. The summed E-state index contributed by atoms with van der Waals surface area (Å²) in [5.41, 5.74) is 0.438. The number of rotatable bonds is 6. The molecule has 4 rings (SSSR count). The van der Waals surface area contributed by atoms with Crippen LogP contribution in [0.5, 0.6) is 0 Å². The maximum Gasteiger partial charge on any atom is 0.302 e. The molecule has 0 bridgehead atoms. The Morgan fingerprint density at radius 2 is 1.70 bits per heavy atom. The van der Waals surface area contributed by atoms with Crippen molar-refractivity contribution in [2.75, 3.05) is 0 Å². The number of carbonyl (C=O) groups excluding carboxylic acids is 2. The maximum atomic E-state index is 13.8. The van der Waals surface area contributed by atoms with Crippen LogP contribution in [0.2, 0.25) is 0 Å². The van der Waals surface area contributed by atoms with Gasteiger partial charge in [-0.2, -0.15) is 0 Å². The first-order valence-electron chi connectivity index (χ1n) is 13.8. The van der Waals surface area contributed by atoms with Gasteiger partial charge in [0.05, 0.1) is 4.83 Å². The minimum absolute atomic E-state index is 0.0257. The molecule has 4 aliphatic rings. The van der Waals surface area contributed by atoms with Gasteiger partial charge in [-0.1, -0.05) is 69.8 Å². The van der Waals surface area contributed by atoms with E-state index in [0.29, 0.717) is 29.0 Å². The molecule has 0 aromatic heterocycles. The monoisotopic (exact) mass is 522 g/mol. The van der Waals surface area contributed by atoms with Gasteiger partial charge in [0.25, 0.3) is 0 Å². The van der Waals surface area contributed by atoms with Gasteiger partial charge in [0, 0.05) is 12.8 Å². The van der Waals surface area contributed by atoms with E-state index >= 15 is 0 Å². The lowest BCUT2D eigenvalue weighted by Gasteiger charge is -2.61. The number of halogens is 1. The molecule has 0 N–H and O–H groups in total. The molecule has 33 heavy (non-hydrogen) atoms. The Hall–Kier alpha value is -0.380. The molecule has 0 spiro atoms. The SMILES string of the molecule is CC(=O)O[C@H]1CC[C@@]2(C)[C@H](C1)C(=O)[C@@H](Br)[C@@H]1[C@@H]2CC[C@]2(C)[C@@H]([C@@H](C)CCCC(C)C)CC[C@@H]12. The molecule has 0 saturated heterocycles. The molecule has 4 saturated carbocycles. The molecule has 3 nitrogen and oxygen atoms in total. The van der Waals surface area contributed by atoms with Gasteiger partial charge in [0.15, 0.2) is 5.78 Å². The molecule has 0 radical (unpaired) electrons. The normalized spacial score (nSPS) is 45.8. The van der Waals surface area contributed by atoms with E-state index < -0.39 is 0 Å². The van der Waals surface area contributed by atoms with E-state index in [-0.39, 0.29) is 28.2 Å². The largest absolute Gasteiger partial charge is 0.463 e. The zero-order chi connectivity index (χ0) is 24.1. The van der Waals surface area contributed by atoms with Crippen LogP contribution in [-0.2, 0) is 14.3 Å². The number of ether oxygens (including phenoxy) is 1. The van der Waals surface area contributed by atoms with Crippen molar-refractivity contribution in [1.29, 1.82) is 0 Å². The second-order valence-corrected chi connectivity index (χ2v) is 14.2. The summed E-state index contributed by atoms with van der Waals surface area (Å²) < 4.78 is 5.57.